The van der Waals surface area contributed by atoms with Gasteiger partial charge in [0.05, 0.1) is 6.54 Å². The second-order valence-corrected chi connectivity index (χ2v) is 5.51. The Labute approximate surface area is 137 Å². The van der Waals surface area contributed by atoms with E-state index in [0.717, 1.165) is 0 Å². The zero-order valence-electron chi connectivity index (χ0n) is 13.0. The summed E-state index contributed by atoms with van der Waals surface area (Å²) < 4.78 is 14.7. The van der Waals surface area contributed by atoms with Crippen LogP contribution in [0, 0.1) is 5.82 Å². The lowest BCUT2D eigenvalue weighted by molar-refractivity contribution is -0.132. The molecule has 1 aliphatic heterocycles. The number of hydrogen-bond acceptors (Lipinski definition) is 5. The summed E-state index contributed by atoms with van der Waals surface area (Å²) in [5, 5.41) is 10.7. The molecular formula is C15H17FN6O2. The third-order valence-corrected chi connectivity index (χ3v) is 3.94. The molecule has 0 spiro atoms. The first-order chi connectivity index (χ1) is 11.6. The van der Waals surface area contributed by atoms with Crippen LogP contribution in [-0.2, 0) is 11.3 Å². The number of carbonyl (C=O) groups excluding carboxylic acids is 2. The Morgan fingerprint density at radius 1 is 1.12 bits per heavy atom. The van der Waals surface area contributed by atoms with Crippen LogP contribution in [-0.4, -0.2) is 68.0 Å². The lowest BCUT2D eigenvalue weighted by Crippen LogP contribution is -2.50. The fourth-order valence-electron chi connectivity index (χ4n) is 2.61. The lowest BCUT2D eigenvalue weighted by atomic mass is 10.1. The van der Waals surface area contributed by atoms with Crippen LogP contribution in [0.15, 0.2) is 30.6 Å². The largest absolute Gasteiger partial charge is 0.339 e. The van der Waals surface area contributed by atoms with Gasteiger partial charge in [-0.1, -0.05) is 6.07 Å². The van der Waals surface area contributed by atoms with Gasteiger partial charge in [0.25, 0.3) is 5.91 Å². The molecule has 24 heavy (non-hydrogen) atoms. The second-order valence-electron chi connectivity index (χ2n) is 5.51. The molecule has 2 amide bonds. The molecule has 2 aromatic rings. The first-order valence-electron chi connectivity index (χ1n) is 7.67. The van der Waals surface area contributed by atoms with Gasteiger partial charge in [0.15, 0.2) is 0 Å². The number of hydrogen-bond donors (Lipinski definition) is 0. The van der Waals surface area contributed by atoms with Crippen LogP contribution >= 0.6 is 0 Å². The molecule has 0 atom stereocenters. The van der Waals surface area contributed by atoms with Gasteiger partial charge in [-0.2, -0.15) is 0 Å². The van der Waals surface area contributed by atoms with Crippen molar-refractivity contribution < 1.29 is 14.0 Å². The summed E-state index contributed by atoms with van der Waals surface area (Å²) >= 11 is 0. The Bertz CT molecular complexity index is 713. The third-order valence-electron chi connectivity index (χ3n) is 3.94. The number of aromatic nitrogens is 4. The highest BCUT2D eigenvalue weighted by atomic mass is 19.1. The lowest BCUT2D eigenvalue weighted by Gasteiger charge is -2.34. The van der Waals surface area contributed by atoms with E-state index in [2.05, 4.69) is 15.5 Å². The topological polar surface area (TPSA) is 84.2 Å². The van der Waals surface area contributed by atoms with E-state index in [1.165, 1.54) is 29.2 Å². The molecule has 9 heteroatoms. The molecule has 1 aromatic heterocycles. The molecule has 0 saturated carbocycles. The van der Waals surface area contributed by atoms with Gasteiger partial charge in [-0.05, 0) is 28.6 Å². The molecule has 1 aromatic carbocycles. The number of benzene rings is 1. The first kappa shape index (κ1) is 16.0. The highest BCUT2D eigenvalue weighted by Gasteiger charge is 2.24. The molecule has 0 aliphatic carbocycles. The molecular weight excluding hydrogens is 315 g/mol. The predicted molar refractivity (Wildman–Crippen MR) is 81.3 cm³/mol. The molecule has 1 fully saturated rings. The van der Waals surface area contributed by atoms with E-state index in [-0.39, 0.29) is 11.8 Å². The normalized spacial score (nSPS) is 14.7. The number of nitrogens with zero attached hydrogens (tertiary/aromatic N) is 6. The summed E-state index contributed by atoms with van der Waals surface area (Å²) in [5.74, 6) is -0.643. The summed E-state index contributed by atoms with van der Waals surface area (Å²) in [6.45, 7) is 2.23. The fraction of sp³-hybridized carbons (Fsp3) is 0.400. The fourth-order valence-corrected chi connectivity index (χ4v) is 2.61. The summed E-state index contributed by atoms with van der Waals surface area (Å²) in [6, 6.07) is 5.64. The molecule has 126 valence electrons. The van der Waals surface area contributed by atoms with Crippen LogP contribution in [0.2, 0.25) is 0 Å². The quantitative estimate of drug-likeness (QED) is 0.798. The van der Waals surface area contributed by atoms with E-state index in [4.69, 9.17) is 0 Å². The Morgan fingerprint density at radius 3 is 2.54 bits per heavy atom. The first-order valence-corrected chi connectivity index (χ1v) is 7.67. The maximum Gasteiger partial charge on any atom is 0.254 e. The smallest absolute Gasteiger partial charge is 0.254 e. The standard InChI is InChI=1S/C15H17FN6O2/c16-13-3-1-2-12(10-13)15(24)21-8-6-20(7-9-21)14(23)4-5-22-11-17-18-19-22/h1-3,10-11H,4-9H2. The number of halogens is 1. The van der Waals surface area contributed by atoms with Gasteiger partial charge >= 0.3 is 0 Å². The van der Waals surface area contributed by atoms with E-state index >= 15 is 0 Å². The number of amides is 2. The summed E-state index contributed by atoms with van der Waals surface area (Å²) in [5.41, 5.74) is 0.327. The van der Waals surface area contributed by atoms with Gasteiger partial charge in [-0.25, -0.2) is 9.07 Å². The van der Waals surface area contributed by atoms with Gasteiger partial charge in [-0.3, -0.25) is 9.59 Å². The Morgan fingerprint density at radius 2 is 1.88 bits per heavy atom. The molecule has 8 nitrogen and oxygen atoms in total. The molecule has 0 unspecified atom stereocenters. The Hall–Kier alpha value is -2.84. The highest BCUT2D eigenvalue weighted by Crippen LogP contribution is 2.11. The van der Waals surface area contributed by atoms with Crippen LogP contribution in [0.3, 0.4) is 0 Å². The Kier molecular flexibility index (Phi) is 4.78. The number of aryl methyl sites for hydroxylation is 1. The third kappa shape index (κ3) is 3.73. The minimum absolute atomic E-state index is 0.00311. The Balaban J connectivity index is 1.50. The van der Waals surface area contributed by atoms with Crippen LogP contribution in [0.1, 0.15) is 16.8 Å². The number of piperazine rings is 1. The van der Waals surface area contributed by atoms with Crippen molar-refractivity contribution in [3.8, 4) is 0 Å². The number of tetrazole rings is 1. The average molecular weight is 332 g/mol. The van der Waals surface area contributed by atoms with E-state index in [0.29, 0.717) is 44.7 Å². The minimum atomic E-state index is -0.433. The maximum absolute atomic E-state index is 13.2. The van der Waals surface area contributed by atoms with E-state index in [1.807, 2.05) is 0 Å². The monoisotopic (exact) mass is 332 g/mol. The van der Waals surface area contributed by atoms with Crippen LogP contribution in [0.4, 0.5) is 4.39 Å². The van der Waals surface area contributed by atoms with Crippen molar-refractivity contribution in [1.82, 2.24) is 30.0 Å². The molecule has 3 rings (SSSR count). The van der Waals surface area contributed by atoms with Crippen molar-refractivity contribution in [3.63, 3.8) is 0 Å². The second kappa shape index (κ2) is 7.16. The SMILES string of the molecule is O=C(CCn1cnnn1)N1CCN(C(=O)c2cccc(F)c2)CC1. The van der Waals surface area contributed by atoms with Crippen molar-refractivity contribution >= 4 is 11.8 Å². The molecule has 1 aliphatic rings. The summed E-state index contributed by atoms with van der Waals surface area (Å²) in [7, 11) is 0. The van der Waals surface area contributed by atoms with E-state index < -0.39 is 5.82 Å². The zero-order chi connectivity index (χ0) is 16.9. The van der Waals surface area contributed by atoms with Crippen LogP contribution < -0.4 is 0 Å². The maximum atomic E-state index is 13.2. The van der Waals surface area contributed by atoms with Crippen molar-refractivity contribution in [3.05, 3.63) is 42.0 Å². The van der Waals surface area contributed by atoms with Crippen molar-refractivity contribution in [2.45, 2.75) is 13.0 Å². The molecule has 0 N–H and O–H groups in total. The summed E-state index contributed by atoms with van der Waals surface area (Å²) in [4.78, 5) is 27.9. The van der Waals surface area contributed by atoms with E-state index in [1.54, 1.807) is 15.9 Å². The number of rotatable bonds is 4. The number of carbonyl (C=O) groups is 2. The minimum Gasteiger partial charge on any atom is -0.339 e. The molecule has 0 radical (unpaired) electrons. The van der Waals surface area contributed by atoms with Gasteiger partial charge in [0.2, 0.25) is 5.91 Å². The van der Waals surface area contributed by atoms with Crippen LogP contribution in [0.25, 0.3) is 0 Å². The van der Waals surface area contributed by atoms with Crippen LogP contribution in [0.5, 0.6) is 0 Å². The van der Waals surface area contributed by atoms with Crippen molar-refractivity contribution in [1.29, 1.82) is 0 Å². The van der Waals surface area contributed by atoms with Gasteiger partial charge < -0.3 is 9.80 Å². The highest BCUT2D eigenvalue weighted by molar-refractivity contribution is 5.94. The molecule has 2 heterocycles. The van der Waals surface area contributed by atoms with Crippen molar-refractivity contribution in [2.24, 2.45) is 0 Å². The van der Waals surface area contributed by atoms with Gasteiger partial charge in [0.1, 0.15) is 12.1 Å². The zero-order valence-corrected chi connectivity index (χ0v) is 13.0. The molecule has 1 saturated heterocycles. The van der Waals surface area contributed by atoms with Crippen molar-refractivity contribution in [2.75, 3.05) is 26.2 Å². The van der Waals surface area contributed by atoms with E-state index in [9.17, 15) is 14.0 Å². The molecule has 0 bridgehead atoms. The van der Waals surface area contributed by atoms with Gasteiger partial charge in [0, 0.05) is 38.2 Å². The average Bonchev–Trinajstić information content (AvgIpc) is 3.13. The van der Waals surface area contributed by atoms with Gasteiger partial charge in [-0.15, -0.1) is 5.10 Å². The summed E-state index contributed by atoms with van der Waals surface area (Å²) in [6.07, 6.45) is 1.77. The predicted octanol–water partition coefficient (Wildman–Crippen LogP) is 0.187.